The number of H-pyrrole nitrogens is 1. The Morgan fingerprint density at radius 3 is 2.88 bits per heavy atom. The molecule has 6 heteroatoms. The van der Waals surface area contributed by atoms with Crippen LogP contribution in [0.25, 0.3) is 11.3 Å². The maximum absolute atomic E-state index is 12.2. The quantitative estimate of drug-likeness (QED) is 0.678. The molecule has 3 rings (SSSR count). The van der Waals surface area contributed by atoms with Crippen LogP contribution in [0.15, 0.2) is 59.9 Å². The van der Waals surface area contributed by atoms with Gasteiger partial charge in [0.15, 0.2) is 0 Å². The molecule has 2 aromatic heterocycles. The Balaban J connectivity index is 1.62. The number of nitrogens with one attached hydrogen (secondary N) is 2. The van der Waals surface area contributed by atoms with Crippen molar-refractivity contribution in [2.45, 2.75) is 19.9 Å². The summed E-state index contributed by atoms with van der Waals surface area (Å²) in [5.74, 6) is -0.359. The molecule has 3 aromatic rings. The van der Waals surface area contributed by atoms with Crippen molar-refractivity contribution < 1.29 is 4.79 Å². The summed E-state index contributed by atoms with van der Waals surface area (Å²) < 4.78 is 1.94. The predicted octanol–water partition coefficient (Wildman–Crippen LogP) is 2.37. The number of aryl methyl sites for hydroxylation is 2. The molecule has 0 radical (unpaired) electrons. The van der Waals surface area contributed by atoms with E-state index in [1.165, 1.54) is 0 Å². The van der Waals surface area contributed by atoms with E-state index in [1.807, 2.05) is 42.0 Å². The minimum Gasteiger partial charge on any atom is -0.352 e. The van der Waals surface area contributed by atoms with Gasteiger partial charge in [-0.15, -0.1) is 0 Å². The lowest BCUT2D eigenvalue weighted by atomic mass is 10.1. The smallest absolute Gasteiger partial charge is 0.261 e. The molecule has 0 fully saturated rings. The number of pyridine rings is 1. The van der Waals surface area contributed by atoms with Crippen LogP contribution < -0.4 is 10.9 Å². The third-order valence-electron chi connectivity index (χ3n) is 3.92. The van der Waals surface area contributed by atoms with E-state index in [0.717, 1.165) is 24.1 Å². The molecule has 25 heavy (non-hydrogen) atoms. The van der Waals surface area contributed by atoms with E-state index in [0.29, 0.717) is 12.2 Å². The molecular formula is C19H20N4O2. The van der Waals surface area contributed by atoms with E-state index in [-0.39, 0.29) is 17.0 Å². The molecule has 2 N–H and O–H groups in total. The number of amides is 1. The van der Waals surface area contributed by atoms with E-state index in [1.54, 1.807) is 24.7 Å². The molecule has 0 unspecified atom stereocenters. The van der Waals surface area contributed by atoms with Crippen LogP contribution in [0.2, 0.25) is 0 Å². The molecule has 0 saturated heterocycles. The summed E-state index contributed by atoms with van der Waals surface area (Å²) in [6.07, 6.45) is 6.09. The highest BCUT2D eigenvalue weighted by atomic mass is 16.2. The average molecular weight is 336 g/mol. The van der Waals surface area contributed by atoms with Crippen molar-refractivity contribution in [2.75, 3.05) is 6.54 Å². The Morgan fingerprint density at radius 2 is 2.16 bits per heavy atom. The van der Waals surface area contributed by atoms with E-state index in [4.69, 9.17) is 0 Å². The topological polar surface area (TPSA) is 79.8 Å². The van der Waals surface area contributed by atoms with Gasteiger partial charge in [0.1, 0.15) is 5.56 Å². The van der Waals surface area contributed by atoms with Gasteiger partial charge in [0.05, 0.1) is 6.33 Å². The Morgan fingerprint density at radius 1 is 1.28 bits per heavy atom. The van der Waals surface area contributed by atoms with Gasteiger partial charge in [-0.3, -0.25) is 9.59 Å². The van der Waals surface area contributed by atoms with Gasteiger partial charge in [0.2, 0.25) is 0 Å². The van der Waals surface area contributed by atoms with Gasteiger partial charge in [-0.1, -0.05) is 23.8 Å². The van der Waals surface area contributed by atoms with Crippen molar-refractivity contribution in [1.29, 1.82) is 0 Å². The normalized spacial score (nSPS) is 10.6. The maximum Gasteiger partial charge on any atom is 0.261 e. The molecule has 0 saturated carbocycles. The number of nitrogens with zero attached hydrogens (tertiary/aromatic N) is 2. The minimum atomic E-state index is -0.383. The van der Waals surface area contributed by atoms with Gasteiger partial charge in [-0.2, -0.15) is 0 Å². The monoisotopic (exact) mass is 336 g/mol. The number of aromatic amines is 1. The lowest BCUT2D eigenvalue weighted by molar-refractivity contribution is 0.0951. The van der Waals surface area contributed by atoms with Gasteiger partial charge >= 0.3 is 0 Å². The summed E-state index contributed by atoms with van der Waals surface area (Å²) in [5.41, 5.74) is 2.47. The molecule has 0 aliphatic carbocycles. The van der Waals surface area contributed by atoms with Gasteiger partial charge in [-0.25, -0.2) is 4.98 Å². The number of imidazole rings is 1. The first-order chi connectivity index (χ1) is 12.1. The van der Waals surface area contributed by atoms with Crippen LogP contribution in [0.4, 0.5) is 0 Å². The first kappa shape index (κ1) is 16.7. The Labute approximate surface area is 145 Å². The fraction of sp³-hybridized carbons (Fsp3) is 0.211. The average Bonchev–Trinajstić information content (AvgIpc) is 3.12. The number of benzene rings is 1. The van der Waals surface area contributed by atoms with Gasteiger partial charge < -0.3 is 14.9 Å². The minimum absolute atomic E-state index is 0.124. The van der Waals surface area contributed by atoms with Crippen LogP contribution in [-0.4, -0.2) is 27.0 Å². The third kappa shape index (κ3) is 4.23. The highest BCUT2D eigenvalue weighted by Crippen LogP contribution is 2.16. The van der Waals surface area contributed by atoms with Crippen molar-refractivity contribution in [3.05, 3.63) is 76.6 Å². The molecule has 0 aliphatic heterocycles. The summed E-state index contributed by atoms with van der Waals surface area (Å²) in [5, 5.41) is 2.78. The summed E-state index contributed by atoms with van der Waals surface area (Å²) in [4.78, 5) is 31.2. The Hall–Kier alpha value is -3.15. The van der Waals surface area contributed by atoms with Crippen molar-refractivity contribution in [2.24, 2.45) is 0 Å². The second-order valence-corrected chi connectivity index (χ2v) is 5.89. The zero-order valence-corrected chi connectivity index (χ0v) is 14.0. The number of rotatable bonds is 6. The highest BCUT2D eigenvalue weighted by Gasteiger charge is 2.11. The molecule has 0 bridgehead atoms. The molecule has 1 aromatic carbocycles. The van der Waals surface area contributed by atoms with Crippen LogP contribution in [-0.2, 0) is 6.54 Å². The van der Waals surface area contributed by atoms with Crippen LogP contribution in [0.1, 0.15) is 22.3 Å². The standard InChI is InChI=1S/C19H20N4O2/c1-14-4-2-5-15(12-14)17-7-6-16(19(25)22-17)18(24)21-8-3-10-23-11-9-20-13-23/h2,4-7,9,11-13H,3,8,10H2,1H3,(H,21,24)(H,22,25). The molecule has 0 aliphatic rings. The second kappa shape index (κ2) is 7.61. The summed E-state index contributed by atoms with van der Waals surface area (Å²) >= 11 is 0. The molecule has 0 spiro atoms. The van der Waals surface area contributed by atoms with E-state index < -0.39 is 0 Å². The van der Waals surface area contributed by atoms with Crippen LogP contribution in [0, 0.1) is 6.92 Å². The number of hydrogen-bond donors (Lipinski definition) is 2. The molecule has 6 nitrogen and oxygen atoms in total. The number of hydrogen-bond acceptors (Lipinski definition) is 3. The number of carbonyl (C=O) groups is 1. The van der Waals surface area contributed by atoms with Crippen molar-refractivity contribution in [1.82, 2.24) is 19.9 Å². The second-order valence-electron chi connectivity index (χ2n) is 5.89. The molecule has 0 atom stereocenters. The molecule has 1 amide bonds. The summed E-state index contributed by atoms with van der Waals surface area (Å²) in [7, 11) is 0. The zero-order valence-electron chi connectivity index (χ0n) is 14.0. The first-order valence-electron chi connectivity index (χ1n) is 8.18. The fourth-order valence-corrected chi connectivity index (χ4v) is 2.61. The Kier molecular flexibility index (Phi) is 5.09. The van der Waals surface area contributed by atoms with E-state index in [9.17, 15) is 9.59 Å². The van der Waals surface area contributed by atoms with Gasteiger partial charge in [0.25, 0.3) is 11.5 Å². The molecule has 128 valence electrons. The van der Waals surface area contributed by atoms with Crippen LogP contribution in [0.3, 0.4) is 0 Å². The van der Waals surface area contributed by atoms with Gasteiger partial charge in [0, 0.05) is 31.2 Å². The largest absolute Gasteiger partial charge is 0.352 e. The summed E-state index contributed by atoms with van der Waals surface area (Å²) in [6.45, 7) is 3.26. The zero-order chi connectivity index (χ0) is 17.6. The van der Waals surface area contributed by atoms with Crippen molar-refractivity contribution in [3.8, 4) is 11.3 Å². The lowest BCUT2D eigenvalue weighted by Gasteiger charge is -2.07. The SMILES string of the molecule is Cc1cccc(-c2ccc(C(=O)NCCCn3ccnc3)c(=O)[nH]2)c1. The molecular weight excluding hydrogens is 316 g/mol. The fourth-order valence-electron chi connectivity index (χ4n) is 2.61. The number of aromatic nitrogens is 3. The lowest BCUT2D eigenvalue weighted by Crippen LogP contribution is -2.30. The highest BCUT2D eigenvalue weighted by molar-refractivity contribution is 5.94. The van der Waals surface area contributed by atoms with Crippen molar-refractivity contribution in [3.63, 3.8) is 0 Å². The third-order valence-corrected chi connectivity index (χ3v) is 3.92. The Bertz CT molecular complexity index is 913. The van der Waals surface area contributed by atoms with E-state index in [2.05, 4.69) is 15.3 Å². The maximum atomic E-state index is 12.2. The van der Waals surface area contributed by atoms with E-state index >= 15 is 0 Å². The first-order valence-corrected chi connectivity index (χ1v) is 8.18. The summed E-state index contributed by atoms with van der Waals surface area (Å²) in [6, 6.07) is 11.2. The van der Waals surface area contributed by atoms with Gasteiger partial charge in [-0.05, 0) is 37.1 Å². The van der Waals surface area contributed by atoms with Crippen molar-refractivity contribution >= 4 is 5.91 Å². The molecule has 2 heterocycles. The van der Waals surface area contributed by atoms with Crippen LogP contribution in [0.5, 0.6) is 0 Å². The van der Waals surface area contributed by atoms with Crippen LogP contribution >= 0.6 is 0 Å². The number of carbonyl (C=O) groups excluding carboxylic acids is 1. The predicted molar refractivity (Wildman–Crippen MR) is 96.4 cm³/mol.